The Morgan fingerprint density at radius 2 is 1.90 bits per heavy atom. The Bertz CT molecular complexity index is 441. The van der Waals surface area contributed by atoms with Crippen molar-refractivity contribution in [3.63, 3.8) is 0 Å². The molecule has 5 heteroatoms. The monoisotopic (exact) mass is 281 g/mol. The van der Waals surface area contributed by atoms with Gasteiger partial charge in [0.25, 0.3) is 0 Å². The van der Waals surface area contributed by atoms with Gasteiger partial charge in [-0.05, 0) is 20.8 Å². The number of nitrogens with zero attached hydrogens (tertiary/aromatic N) is 2. The molecule has 1 aromatic heterocycles. The van der Waals surface area contributed by atoms with Crippen molar-refractivity contribution >= 4 is 5.82 Å². The van der Waals surface area contributed by atoms with E-state index in [1.807, 2.05) is 20.8 Å². The quantitative estimate of drug-likeness (QED) is 0.869. The maximum atomic E-state index is 5.89. The summed E-state index contributed by atoms with van der Waals surface area (Å²) in [6.07, 6.45) is -0.0455. The van der Waals surface area contributed by atoms with Crippen LogP contribution in [-0.2, 0) is 10.2 Å². The molecule has 1 N–H and O–H groups in total. The van der Waals surface area contributed by atoms with E-state index in [0.717, 1.165) is 23.8 Å². The van der Waals surface area contributed by atoms with Crippen LogP contribution in [0.1, 0.15) is 46.0 Å². The molecule has 0 bridgehead atoms. The van der Waals surface area contributed by atoms with E-state index >= 15 is 0 Å². The molecular weight excluding hydrogens is 254 g/mol. The van der Waals surface area contributed by atoms with E-state index in [9.17, 15) is 0 Å². The van der Waals surface area contributed by atoms with Gasteiger partial charge in [-0.2, -0.15) is 4.98 Å². The highest BCUT2D eigenvalue weighted by Gasteiger charge is 2.22. The number of ether oxygens (including phenoxy) is 2. The summed E-state index contributed by atoms with van der Waals surface area (Å²) in [5.74, 6) is 2.25. The first-order valence-corrected chi connectivity index (χ1v) is 7.08. The lowest BCUT2D eigenvalue weighted by Gasteiger charge is -2.22. The molecule has 1 rings (SSSR count). The molecule has 0 amide bonds. The van der Waals surface area contributed by atoms with Crippen LogP contribution in [0.2, 0.25) is 0 Å². The van der Waals surface area contributed by atoms with Crippen molar-refractivity contribution in [1.29, 1.82) is 0 Å². The predicted octanol–water partition coefficient (Wildman–Crippen LogP) is 2.93. The first-order chi connectivity index (χ1) is 9.29. The lowest BCUT2D eigenvalue weighted by atomic mass is 9.95. The smallest absolute Gasteiger partial charge is 0.222 e. The van der Waals surface area contributed by atoms with Gasteiger partial charge in [-0.3, -0.25) is 0 Å². The summed E-state index contributed by atoms with van der Waals surface area (Å²) in [4.78, 5) is 9.19. The van der Waals surface area contributed by atoms with E-state index in [2.05, 4.69) is 36.1 Å². The zero-order valence-corrected chi connectivity index (χ0v) is 13.7. The van der Waals surface area contributed by atoms with Gasteiger partial charge >= 0.3 is 0 Å². The number of nitrogens with one attached hydrogen (secondary N) is 1. The van der Waals surface area contributed by atoms with Crippen LogP contribution in [0, 0.1) is 6.92 Å². The number of rotatable bonds is 6. The van der Waals surface area contributed by atoms with Crippen LogP contribution in [0.3, 0.4) is 0 Å². The highest BCUT2D eigenvalue weighted by molar-refractivity contribution is 5.49. The number of methoxy groups -OCH3 is 1. The van der Waals surface area contributed by atoms with Gasteiger partial charge in [-0.25, -0.2) is 4.98 Å². The Kier molecular flexibility index (Phi) is 5.74. The van der Waals surface area contributed by atoms with Crippen molar-refractivity contribution in [1.82, 2.24) is 9.97 Å². The average molecular weight is 281 g/mol. The van der Waals surface area contributed by atoms with Gasteiger partial charge in [0.05, 0.1) is 12.2 Å². The molecule has 0 saturated heterocycles. The maximum Gasteiger partial charge on any atom is 0.222 e. The van der Waals surface area contributed by atoms with Crippen molar-refractivity contribution < 1.29 is 9.47 Å². The normalized spacial score (nSPS) is 13.2. The van der Waals surface area contributed by atoms with Crippen LogP contribution in [0.25, 0.3) is 0 Å². The molecule has 1 aromatic rings. The summed E-state index contributed by atoms with van der Waals surface area (Å²) >= 11 is 0. The van der Waals surface area contributed by atoms with Crippen molar-refractivity contribution in [2.75, 3.05) is 25.6 Å². The molecule has 0 saturated carbocycles. The standard InChI is InChI=1S/C15H27N3O2/c1-8-16-12-11(3)13(20-10(2)9-19-7)18-14(17-12)15(4,5)6/h10H,8-9H2,1-7H3,(H,16,17,18). The van der Waals surface area contributed by atoms with Crippen molar-refractivity contribution in [2.45, 2.75) is 53.1 Å². The molecule has 1 atom stereocenters. The van der Waals surface area contributed by atoms with E-state index in [-0.39, 0.29) is 11.5 Å². The molecule has 0 aliphatic heterocycles. The molecule has 1 unspecified atom stereocenters. The first kappa shape index (κ1) is 16.7. The zero-order valence-electron chi connectivity index (χ0n) is 13.7. The molecular formula is C15H27N3O2. The summed E-state index contributed by atoms with van der Waals surface area (Å²) in [6.45, 7) is 13.6. The molecule has 0 aliphatic rings. The van der Waals surface area contributed by atoms with Gasteiger partial charge in [0.1, 0.15) is 17.7 Å². The molecule has 0 aliphatic carbocycles. The fourth-order valence-electron chi connectivity index (χ4n) is 1.75. The van der Waals surface area contributed by atoms with Crippen LogP contribution < -0.4 is 10.1 Å². The van der Waals surface area contributed by atoms with Gasteiger partial charge in [-0.1, -0.05) is 20.8 Å². The molecule has 0 fully saturated rings. The minimum atomic E-state index is -0.125. The van der Waals surface area contributed by atoms with E-state index in [4.69, 9.17) is 9.47 Å². The molecule has 114 valence electrons. The maximum absolute atomic E-state index is 5.89. The topological polar surface area (TPSA) is 56.3 Å². The Labute approximate surface area is 122 Å². The van der Waals surface area contributed by atoms with Crippen LogP contribution in [-0.4, -0.2) is 36.3 Å². The third-order valence-corrected chi connectivity index (χ3v) is 2.83. The van der Waals surface area contributed by atoms with Gasteiger partial charge in [0, 0.05) is 19.1 Å². The second-order valence-corrected chi connectivity index (χ2v) is 5.99. The SMILES string of the molecule is CCNc1nc(C(C)(C)C)nc(OC(C)COC)c1C. The Hall–Kier alpha value is -1.36. The third-order valence-electron chi connectivity index (χ3n) is 2.83. The van der Waals surface area contributed by atoms with E-state index in [1.54, 1.807) is 7.11 Å². The number of anilines is 1. The van der Waals surface area contributed by atoms with E-state index < -0.39 is 0 Å². The van der Waals surface area contributed by atoms with Gasteiger partial charge in [-0.15, -0.1) is 0 Å². The summed E-state index contributed by atoms with van der Waals surface area (Å²) in [5.41, 5.74) is 0.809. The summed E-state index contributed by atoms with van der Waals surface area (Å²) < 4.78 is 11.0. The number of aromatic nitrogens is 2. The fraction of sp³-hybridized carbons (Fsp3) is 0.733. The minimum absolute atomic E-state index is 0.0455. The second-order valence-electron chi connectivity index (χ2n) is 5.99. The summed E-state index contributed by atoms with van der Waals surface area (Å²) in [6, 6.07) is 0. The Morgan fingerprint density at radius 1 is 1.25 bits per heavy atom. The Balaban J connectivity index is 3.16. The van der Waals surface area contributed by atoms with Crippen LogP contribution in [0.15, 0.2) is 0 Å². The fourth-order valence-corrected chi connectivity index (χ4v) is 1.75. The highest BCUT2D eigenvalue weighted by atomic mass is 16.5. The molecule has 0 radical (unpaired) electrons. The van der Waals surface area contributed by atoms with Crippen molar-refractivity contribution in [3.8, 4) is 5.88 Å². The zero-order chi connectivity index (χ0) is 15.3. The van der Waals surface area contributed by atoms with Gasteiger partial charge in [0.2, 0.25) is 5.88 Å². The third kappa shape index (κ3) is 4.34. The minimum Gasteiger partial charge on any atom is -0.472 e. The molecule has 20 heavy (non-hydrogen) atoms. The molecule has 5 nitrogen and oxygen atoms in total. The lowest BCUT2D eigenvalue weighted by molar-refractivity contribution is 0.0880. The van der Waals surface area contributed by atoms with E-state index in [1.165, 1.54) is 0 Å². The summed E-state index contributed by atoms with van der Waals surface area (Å²) in [5, 5.41) is 3.27. The van der Waals surface area contributed by atoms with Crippen molar-refractivity contribution in [3.05, 3.63) is 11.4 Å². The molecule has 0 aromatic carbocycles. The second kappa shape index (κ2) is 6.88. The van der Waals surface area contributed by atoms with Gasteiger partial charge in [0.15, 0.2) is 0 Å². The average Bonchev–Trinajstić information content (AvgIpc) is 2.33. The van der Waals surface area contributed by atoms with Crippen LogP contribution in [0.5, 0.6) is 5.88 Å². The first-order valence-electron chi connectivity index (χ1n) is 7.08. The molecule has 1 heterocycles. The summed E-state index contributed by atoms with van der Waals surface area (Å²) in [7, 11) is 1.66. The number of hydrogen-bond acceptors (Lipinski definition) is 5. The predicted molar refractivity (Wildman–Crippen MR) is 81.6 cm³/mol. The van der Waals surface area contributed by atoms with Gasteiger partial charge < -0.3 is 14.8 Å². The lowest BCUT2D eigenvalue weighted by Crippen LogP contribution is -2.23. The highest BCUT2D eigenvalue weighted by Crippen LogP contribution is 2.28. The van der Waals surface area contributed by atoms with Crippen LogP contribution in [0.4, 0.5) is 5.82 Å². The van der Waals surface area contributed by atoms with Crippen molar-refractivity contribution in [2.24, 2.45) is 0 Å². The van der Waals surface area contributed by atoms with E-state index in [0.29, 0.717) is 12.5 Å². The van der Waals surface area contributed by atoms with Crippen LogP contribution >= 0.6 is 0 Å². The Morgan fingerprint density at radius 3 is 2.40 bits per heavy atom. The largest absolute Gasteiger partial charge is 0.472 e. The number of hydrogen-bond donors (Lipinski definition) is 1. The molecule has 0 spiro atoms.